The number of rotatable bonds is 9. The monoisotopic (exact) mass is 398 g/mol. The molecule has 0 bridgehead atoms. The second-order valence-corrected chi connectivity index (χ2v) is 6.15. The summed E-state index contributed by atoms with van der Waals surface area (Å²) in [4.78, 5) is 22.8. The van der Waals surface area contributed by atoms with Crippen molar-refractivity contribution in [2.24, 2.45) is 17.3 Å². The van der Waals surface area contributed by atoms with Gasteiger partial charge in [0.25, 0.3) is 0 Å². The Morgan fingerprint density at radius 1 is 0.917 bits per heavy atom. The third-order valence-electron chi connectivity index (χ3n) is 4.35. The zero-order valence-electron chi connectivity index (χ0n) is 14.8. The van der Waals surface area contributed by atoms with E-state index in [1.807, 2.05) is 34.6 Å². The molecule has 0 fully saturated rings. The van der Waals surface area contributed by atoms with Crippen molar-refractivity contribution in [3.8, 4) is 0 Å². The molecule has 0 amide bonds. The Morgan fingerprint density at radius 3 is 1.42 bits per heavy atom. The molecule has 1 atom stereocenters. The van der Waals surface area contributed by atoms with E-state index in [4.69, 9.17) is 10.2 Å². The number of carboxylic acids is 2. The van der Waals surface area contributed by atoms with Crippen molar-refractivity contribution in [3.63, 3.8) is 0 Å². The van der Waals surface area contributed by atoms with Gasteiger partial charge in [-0.15, -0.1) is 0 Å². The first-order chi connectivity index (χ1) is 9.01. The van der Waals surface area contributed by atoms with Crippen molar-refractivity contribution in [2.45, 2.75) is 40.7 Å². The number of aliphatic hydroxyl groups is 1. The summed E-state index contributed by atoms with van der Waals surface area (Å²) in [5, 5.41) is 28.1. The number of hydrogen-bond acceptors (Lipinski definition) is 4. The largest absolute Gasteiger partial charge is 0.480 e. The first-order valence-electron chi connectivity index (χ1n) is 6.85. The number of hydrogen-bond donors (Lipinski definition) is 3. The van der Waals surface area contributed by atoms with Gasteiger partial charge >= 0.3 is 11.9 Å². The van der Waals surface area contributed by atoms with Gasteiger partial charge in [-0.05, 0) is 17.3 Å². The molecular weight excluding hydrogens is 365 g/mol. The van der Waals surface area contributed by atoms with Crippen molar-refractivity contribution >= 4 is 11.9 Å². The predicted octanol–water partition coefficient (Wildman–Crippen LogP) is -1.34. The summed E-state index contributed by atoms with van der Waals surface area (Å²) in [6.07, 6.45) is -0.791. The second-order valence-electron chi connectivity index (χ2n) is 6.15. The summed E-state index contributed by atoms with van der Waals surface area (Å²) in [5.41, 5.74) is -0.407. The summed E-state index contributed by atoms with van der Waals surface area (Å²) in [7, 11) is 0. The Balaban J connectivity index is -0.000000301. The van der Waals surface area contributed by atoms with Crippen LogP contribution >= 0.6 is 0 Å². The zero-order valence-corrected chi connectivity index (χ0v) is 16.0. The van der Waals surface area contributed by atoms with E-state index < -0.39 is 36.5 Å². The molecule has 0 aromatic heterocycles. The van der Waals surface area contributed by atoms with Crippen LogP contribution in [0.5, 0.6) is 0 Å². The summed E-state index contributed by atoms with van der Waals surface area (Å²) < 4.78 is 0. The second kappa shape index (κ2) is 14.6. The Hall–Kier alpha value is -0.741. The standard InChI is InChI=1S/C14H27NO5.Mn.3H2O/c1-9(2)14(5,10(3)4)11(16)6-15(7-12(17)18)8-13(19)20;;;;/h9-11,16H,6-8H2,1-5H3,(H,17,18)(H,19,20);;3*1H2. The summed E-state index contributed by atoms with van der Waals surface area (Å²) in [5.74, 6) is -1.83. The third kappa shape index (κ3) is 10.2. The predicted molar refractivity (Wildman–Crippen MR) is 86.3 cm³/mol. The van der Waals surface area contributed by atoms with Crippen LogP contribution in [0.15, 0.2) is 0 Å². The molecule has 0 aliphatic carbocycles. The fraction of sp³-hybridized carbons (Fsp3) is 0.857. The molecule has 24 heavy (non-hydrogen) atoms. The van der Waals surface area contributed by atoms with Gasteiger partial charge in [0.05, 0.1) is 19.2 Å². The van der Waals surface area contributed by atoms with E-state index in [1.54, 1.807) is 0 Å². The first kappa shape index (κ1) is 34.6. The SMILES string of the molecule is CC(C)C(C)(C(C)C)C(O)CN(CC(=O)O)CC(=O)O.O.O.O.[Mn]. The molecule has 1 unspecified atom stereocenters. The molecule has 1 radical (unpaired) electrons. The number of aliphatic hydroxyl groups excluding tert-OH is 1. The Kier molecular flexibility index (Phi) is 21.0. The van der Waals surface area contributed by atoms with Crippen LogP contribution in [0.25, 0.3) is 0 Å². The molecule has 9 N–H and O–H groups in total. The average molecular weight is 398 g/mol. The van der Waals surface area contributed by atoms with Gasteiger partial charge in [-0.25, -0.2) is 0 Å². The van der Waals surface area contributed by atoms with E-state index in [0.29, 0.717) is 0 Å². The van der Waals surface area contributed by atoms with Gasteiger partial charge in [0.1, 0.15) is 0 Å². The minimum atomic E-state index is -1.10. The quantitative estimate of drug-likeness (QED) is 0.402. The Morgan fingerprint density at radius 2 is 1.21 bits per heavy atom. The molecular formula is C14H33MnNO8. The fourth-order valence-electron chi connectivity index (χ4n) is 2.45. The topological polar surface area (TPSA) is 193 Å². The van der Waals surface area contributed by atoms with Crippen molar-refractivity contribution in [2.75, 3.05) is 19.6 Å². The van der Waals surface area contributed by atoms with Gasteiger partial charge in [-0.2, -0.15) is 0 Å². The molecule has 0 heterocycles. The molecule has 0 aliphatic heterocycles. The normalized spacial score (nSPS) is 11.7. The maximum absolute atomic E-state index is 10.8. The van der Waals surface area contributed by atoms with Crippen LogP contribution < -0.4 is 0 Å². The molecule has 10 heteroatoms. The zero-order chi connectivity index (χ0) is 16.1. The van der Waals surface area contributed by atoms with Gasteiger partial charge < -0.3 is 31.7 Å². The van der Waals surface area contributed by atoms with Crippen LogP contribution in [0.2, 0.25) is 0 Å². The van der Waals surface area contributed by atoms with Crippen LogP contribution in [0, 0.1) is 17.3 Å². The molecule has 0 aromatic rings. The van der Waals surface area contributed by atoms with Crippen molar-refractivity contribution in [3.05, 3.63) is 0 Å². The fourth-order valence-corrected chi connectivity index (χ4v) is 2.45. The number of carboxylic acid groups (broad SMARTS) is 2. The average Bonchev–Trinajstić information content (AvgIpc) is 2.24. The van der Waals surface area contributed by atoms with E-state index in [0.717, 1.165) is 0 Å². The van der Waals surface area contributed by atoms with E-state index in [1.165, 1.54) is 4.90 Å². The third-order valence-corrected chi connectivity index (χ3v) is 4.35. The maximum atomic E-state index is 10.8. The molecule has 0 saturated heterocycles. The van der Waals surface area contributed by atoms with E-state index in [-0.39, 0.29) is 51.9 Å². The van der Waals surface area contributed by atoms with Crippen molar-refractivity contribution in [1.82, 2.24) is 4.90 Å². The first-order valence-corrected chi connectivity index (χ1v) is 6.85. The smallest absolute Gasteiger partial charge is 0.317 e. The number of aliphatic carboxylic acids is 2. The molecule has 149 valence electrons. The van der Waals surface area contributed by atoms with Crippen LogP contribution in [0.1, 0.15) is 34.6 Å². The molecule has 0 saturated carbocycles. The van der Waals surface area contributed by atoms with Gasteiger partial charge in [0, 0.05) is 23.6 Å². The minimum Gasteiger partial charge on any atom is -0.480 e. The number of carbonyl (C=O) groups is 2. The Bertz CT molecular complexity index is 328. The van der Waals surface area contributed by atoms with Gasteiger partial charge in [0.2, 0.25) is 0 Å². The van der Waals surface area contributed by atoms with E-state index in [2.05, 4.69) is 0 Å². The summed E-state index contributed by atoms with van der Waals surface area (Å²) >= 11 is 0. The summed E-state index contributed by atoms with van der Waals surface area (Å²) in [6.45, 7) is 9.21. The van der Waals surface area contributed by atoms with Crippen LogP contribution in [-0.2, 0) is 26.7 Å². The molecule has 0 aliphatic rings. The number of nitrogens with zero attached hydrogens (tertiary/aromatic N) is 1. The Labute approximate surface area is 153 Å². The minimum absolute atomic E-state index is 0. The van der Waals surface area contributed by atoms with Gasteiger partial charge in [-0.1, -0.05) is 34.6 Å². The molecule has 0 spiro atoms. The van der Waals surface area contributed by atoms with Gasteiger partial charge in [-0.3, -0.25) is 14.5 Å². The van der Waals surface area contributed by atoms with Crippen molar-refractivity contribution in [1.29, 1.82) is 0 Å². The van der Waals surface area contributed by atoms with Crippen LogP contribution in [-0.4, -0.2) is 74.3 Å². The van der Waals surface area contributed by atoms with Crippen molar-refractivity contribution < 1.29 is 58.4 Å². The van der Waals surface area contributed by atoms with Gasteiger partial charge in [0.15, 0.2) is 0 Å². The van der Waals surface area contributed by atoms with Crippen LogP contribution in [0.4, 0.5) is 0 Å². The molecule has 0 rings (SSSR count). The molecule has 9 nitrogen and oxygen atoms in total. The van der Waals surface area contributed by atoms with E-state index >= 15 is 0 Å². The molecule has 0 aromatic carbocycles. The summed E-state index contributed by atoms with van der Waals surface area (Å²) in [6, 6.07) is 0. The maximum Gasteiger partial charge on any atom is 0.317 e. The van der Waals surface area contributed by atoms with Crippen LogP contribution in [0.3, 0.4) is 0 Å². The van der Waals surface area contributed by atoms with E-state index in [9.17, 15) is 14.7 Å².